The molecule has 0 N–H and O–H groups in total. The highest BCUT2D eigenvalue weighted by Crippen LogP contribution is 2.24. The number of amides is 2. The second-order valence-electron chi connectivity index (χ2n) is 7.86. The normalized spacial score (nSPS) is 20.2. The van der Waals surface area contributed by atoms with Crippen molar-refractivity contribution in [1.29, 1.82) is 0 Å². The molecule has 2 fully saturated rings. The molecule has 4 rings (SSSR count). The molecule has 1 aromatic heterocycles. The zero-order chi connectivity index (χ0) is 20.2. The molecule has 7 heteroatoms. The smallest absolute Gasteiger partial charge is 0.227 e. The topological polar surface area (TPSA) is 75.6 Å². The van der Waals surface area contributed by atoms with Crippen molar-refractivity contribution in [3.8, 4) is 17.1 Å². The lowest BCUT2D eigenvalue weighted by molar-refractivity contribution is -0.137. The van der Waals surface area contributed by atoms with Crippen LogP contribution in [0.15, 0.2) is 42.7 Å². The molecule has 0 bridgehead atoms. The molecule has 2 amide bonds. The van der Waals surface area contributed by atoms with Gasteiger partial charge in [-0.15, -0.1) is 0 Å². The minimum Gasteiger partial charge on any atom is -0.477 e. The van der Waals surface area contributed by atoms with Crippen LogP contribution in [0.4, 0.5) is 0 Å². The standard InChI is InChI=1S/C22H26N4O3/c1-25-13-18(11-21(25)27)22(28)26-9-7-16(8-10-26)14-29-20-12-19(23-15-24-20)17-5-3-2-4-6-17/h2-6,12,15-16,18H,7-11,13-14H2,1H3. The van der Waals surface area contributed by atoms with Crippen LogP contribution in [0.2, 0.25) is 0 Å². The summed E-state index contributed by atoms with van der Waals surface area (Å²) in [6, 6.07) is 11.8. The fraction of sp³-hybridized carbons (Fsp3) is 0.455. The van der Waals surface area contributed by atoms with Gasteiger partial charge >= 0.3 is 0 Å². The Bertz CT molecular complexity index is 865. The first kappa shape index (κ1) is 19.4. The molecule has 7 nitrogen and oxygen atoms in total. The molecule has 0 spiro atoms. The third-order valence-electron chi connectivity index (χ3n) is 5.79. The van der Waals surface area contributed by atoms with Crippen molar-refractivity contribution in [1.82, 2.24) is 19.8 Å². The molecule has 29 heavy (non-hydrogen) atoms. The molecule has 1 aromatic carbocycles. The highest BCUT2D eigenvalue weighted by Gasteiger charge is 2.35. The lowest BCUT2D eigenvalue weighted by Crippen LogP contribution is -2.43. The number of hydrogen-bond acceptors (Lipinski definition) is 5. The number of carbonyl (C=O) groups excluding carboxylic acids is 2. The summed E-state index contributed by atoms with van der Waals surface area (Å²) in [5, 5.41) is 0. The van der Waals surface area contributed by atoms with Gasteiger partial charge in [-0.25, -0.2) is 9.97 Å². The summed E-state index contributed by atoms with van der Waals surface area (Å²) < 4.78 is 5.93. The molecular weight excluding hydrogens is 368 g/mol. The Balaban J connectivity index is 1.26. The van der Waals surface area contributed by atoms with Crippen molar-refractivity contribution in [2.75, 3.05) is 33.3 Å². The first-order chi connectivity index (χ1) is 14.1. The summed E-state index contributed by atoms with van der Waals surface area (Å²) in [7, 11) is 1.76. The molecule has 3 heterocycles. The largest absolute Gasteiger partial charge is 0.477 e. The maximum absolute atomic E-state index is 12.6. The molecule has 1 unspecified atom stereocenters. The predicted octanol–water partition coefficient (Wildman–Crippen LogP) is 2.24. The van der Waals surface area contributed by atoms with Crippen LogP contribution in [-0.4, -0.2) is 64.9 Å². The summed E-state index contributed by atoms with van der Waals surface area (Å²) in [6.45, 7) is 2.57. The van der Waals surface area contributed by atoms with Crippen LogP contribution in [0.3, 0.4) is 0 Å². The lowest BCUT2D eigenvalue weighted by atomic mass is 9.96. The second-order valence-corrected chi connectivity index (χ2v) is 7.86. The van der Waals surface area contributed by atoms with Crippen LogP contribution in [-0.2, 0) is 9.59 Å². The Morgan fingerprint density at radius 3 is 2.62 bits per heavy atom. The molecule has 2 aliphatic heterocycles. The Kier molecular flexibility index (Phi) is 5.74. The number of hydrogen-bond donors (Lipinski definition) is 0. The fourth-order valence-corrected chi connectivity index (χ4v) is 4.00. The van der Waals surface area contributed by atoms with E-state index >= 15 is 0 Å². The van der Waals surface area contributed by atoms with Gasteiger partial charge in [-0.1, -0.05) is 30.3 Å². The van der Waals surface area contributed by atoms with E-state index in [0.717, 1.165) is 37.2 Å². The quantitative estimate of drug-likeness (QED) is 0.777. The molecule has 2 saturated heterocycles. The van der Waals surface area contributed by atoms with E-state index in [-0.39, 0.29) is 17.7 Å². The number of ether oxygens (including phenoxy) is 1. The van der Waals surface area contributed by atoms with E-state index in [1.807, 2.05) is 41.3 Å². The first-order valence-corrected chi connectivity index (χ1v) is 10.1. The fourth-order valence-electron chi connectivity index (χ4n) is 4.00. The van der Waals surface area contributed by atoms with Gasteiger partial charge in [0, 0.05) is 44.7 Å². The third-order valence-corrected chi connectivity index (χ3v) is 5.79. The third kappa shape index (κ3) is 4.55. The zero-order valence-corrected chi connectivity index (χ0v) is 16.7. The van der Waals surface area contributed by atoms with Crippen molar-refractivity contribution in [2.45, 2.75) is 19.3 Å². The van der Waals surface area contributed by atoms with Crippen LogP contribution < -0.4 is 4.74 Å². The summed E-state index contributed by atoms with van der Waals surface area (Å²) in [5.74, 6) is 0.960. The number of nitrogens with zero attached hydrogens (tertiary/aromatic N) is 4. The molecule has 2 aromatic rings. The van der Waals surface area contributed by atoms with Gasteiger partial charge in [-0.05, 0) is 18.8 Å². The molecule has 1 atom stereocenters. The zero-order valence-electron chi connectivity index (χ0n) is 16.7. The van der Waals surface area contributed by atoms with Crippen LogP contribution in [0, 0.1) is 11.8 Å². The monoisotopic (exact) mass is 394 g/mol. The highest BCUT2D eigenvalue weighted by atomic mass is 16.5. The summed E-state index contributed by atoms with van der Waals surface area (Å²) in [4.78, 5) is 36.4. The number of benzene rings is 1. The van der Waals surface area contributed by atoms with E-state index in [2.05, 4.69) is 9.97 Å². The Hall–Kier alpha value is -2.96. The predicted molar refractivity (Wildman–Crippen MR) is 108 cm³/mol. The van der Waals surface area contributed by atoms with Gasteiger partial charge in [0.2, 0.25) is 17.7 Å². The first-order valence-electron chi connectivity index (χ1n) is 10.1. The van der Waals surface area contributed by atoms with Crippen molar-refractivity contribution in [2.24, 2.45) is 11.8 Å². The highest BCUT2D eigenvalue weighted by molar-refractivity contribution is 5.89. The van der Waals surface area contributed by atoms with Crippen LogP contribution >= 0.6 is 0 Å². The van der Waals surface area contributed by atoms with Gasteiger partial charge < -0.3 is 14.5 Å². The SMILES string of the molecule is CN1CC(C(=O)N2CCC(COc3cc(-c4ccccc4)ncn3)CC2)CC1=O. The summed E-state index contributed by atoms with van der Waals surface area (Å²) >= 11 is 0. The van der Waals surface area contributed by atoms with E-state index < -0.39 is 0 Å². The van der Waals surface area contributed by atoms with Crippen molar-refractivity contribution in [3.63, 3.8) is 0 Å². The number of piperidine rings is 1. The lowest BCUT2D eigenvalue weighted by Gasteiger charge is -2.33. The molecule has 2 aliphatic rings. The maximum Gasteiger partial charge on any atom is 0.227 e. The van der Waals surface area contributed by atoms with E-state index in [1.165, 1.54) is 6.33 Å². The van der Waals surface area contributed by atoms with Gasteiger partial charge in [-0.3, -0.25) is 9.59 Å². The van der Waals surface area contributed by atoms with Gasteiger partial charge in [-0.2, -0.15) is 0 Å². The van der Waals surface area contributed by atoms with Gasteiger partial charge in [0.15, 0.2) is 0 Å². The molecule has 152 valence electrons. The Morgan fingerprint density at radius 2 is 1.93 bits per heavy atom. The minimum absolute atomic E-state index is 0.0614. The van der Waals surface area contributed by atoms with Crippen molar-refractivity contribution in [3.05, 3.63) is 42.7 Å². The van der Waals surface area contributed by atoms with E-state index in [0.29, 0.717) is 31.4 Å². The van der Waals surface area contributed by atoms with Crippen LogP contribution in [0.5, 0.6) is 5.88 Å². The molecule has 0 radical (unpaired) electrons. The van der Waals surface area contributed by atoms with Gasteiger partial charge in [0.1, 0.15) is 6.33 Å². The minimum atomic E-state index is -0.183. The van der Waals surface area contributed by atoms with E-state index in [9.17, 15) is 9.59 Å². The Morgan fingerprint density at radius 1 is 1.17 bits per heavy atom. The average Bonchev–Trinajstić information content (AvgIpc) is 3.11. The van der Waals surface area contributed by atoms with Crippen LogP contribution in [0.25, 0.3) is 11.3 Å². The van der Waals surface area contributed by atoms with E-state index in [1.54, 1.807) is 11.9 Å². The number of likely N-dealkylation sites (tertiary alicyclic amines) is 2. The van der Waals surface area contributed by atoms with Crippen LogP contribution in [0.1, 0.15) is 19.3 Å². The summed E-state index contributed by atoms with van der Waals surface area (Å²) in [5.41, 5.74) is 1.87. The number of rotatable bonds is 5. The average molecular weight is 394 g/mol. The second kappa shape index (κ2) is 8.59. The van der Waals surface area contributed by atoms with Gasteiger partial charge in [0.25, 0.3) is 0 Å². The van der Waals surface area contributed by atoms with E-state index in [4.69, 9.17) is 4.74 Å². The number of carbonyl (C=O) groups is 2. The number of aromatic nitrogens is 2. The molecule has 0 saturated carbocycles. The molecule has 0 aliphatic carbocycles. The molecular formula is C22H26N4O3. The van der Waals surface area contributed by atoms with Gasteiger partial charge in [0.05, 0.1) is 18.2 Å². The summed E-state index contributed by atoms with van der Waals surface area (Å²) in [6.07, 6.45) is 3.67. The van der Waals surface area contributed by atoms with Crippen molar-refractivity contribution >= 4 is 11.8 Å². The Labute approximate surface area is 170 Å². The maximum atomic E-state index is 12.6. The van der Waals surface area contributed by atoms with Crippen molar-refractivity contribution < 1.29 is 14.3 Å².